The molecule has 1 saturated heterocycles. The quantitative estimate of drug-likeness (QED) is 0.866. The molecule has 2 atom stereocenters. The van der Waals surface area contributed by atoms with E-state index in [-0.39, 0.29) is 18.0 Å². The number of aryl methyl sites for hydroxylation is 1. The first-order valence-electron chi connectivity index (χ1n) is 7.53. The number of thiophene rings is 1. The van der Waals surface area contributed by atoms with E-state index in [1.165, 1.54) is 16.9 Å². The maximum atomic E-state index is 12.3. The fraction of sp³-hybridized carbons (Fsp3) is 0.625. The standard InChI is InChI=1S/C16H24N2O3S/c1-11(9-13-6-5-12(2)22-13)17-15(20)18-8-7-16(3,10-18)14(19)21-4/h5-6,11H,7-10H2,1-4H3,(H,17,20)/t11-,16-/m0/s1. The number of likely N-dealkylation sites (tertiary alicyclic amines) is 1. The van der Waals surface area contributed by atoms with E-state index in [1.807, 2.05) is 13.8 Å². The van der Waals surface area contributed by atoms with E-state index in [9.17, 15) is 9.59 Å². The van der Waals surface area contributed by atoms with E-state index < -0.39 is 5.41 Å². The predicted molar refractivity (Wildman–Crippen MR) is 87.1 cm³/mol. The molecule has 1 fully saturated rings. The summed E-state index contributed by atoms with van der Waals surface area (Å²) < 4.78 is 4.83. The summed E-state index contributed by atoms with van der Waals surface area (Å²) in [6, 6.07) is 4.16. The van der Waals surface area contributed by atoms with Crippen molar-refractivity contribution in [3.8, 4) is 0 Å². The van der Waals surface area contributed by atoms with Crippen LogP contribution in [0.25, 0.3) is 0 Å². The predicted octanol–water partition coefficient (Wildman–Crippen LogP) is 2.58. The summed E-state index contributed by atoms with van der Waals surface area (Å²) in [4.78, 5) is 28.4. The average molecular weight is 324 g/mol. The normalized spacial score (nSPS) is 22.5. The van der Waals surface area contributed by atoms with Crippen LogP contribution in [0.1, 0.15) is 30.0 Å². The van der Waals surface area contributed by atoms with Crippen LogP contribution >= 0.6 is 11.3 Å². The highest BCUT2D eigenvalue weighted by Crippen LogP contribution is 2.31. The molecule has 1 N–H and O–H groups in total. The number of esters is 1. The van der Waals surface area contributed by atoms with Gasteiger partial charge < -0.3 is 15.0 Å². The third-order valence-corrected chi connectivity index (χ3v) is 5.13. The largest absolute Gasteiger partial charge is 0.469 e. The summed E-state index contributed by atoms with van der Waals surface area (Å²) in [7, 11) is 1.39. The minimum atomic E-state index is -0.583. The molecule has 0 aromatic carbocycles. The number of rotatable bonds is 4. The number of nitrogens with one attached hydrogen (secondary N) is 1. The maximum Gasteiger partial charge on any atom is 0.317 e. The summed E-state index contributed by atoms with van der Waals surface area (Å²) in [6.45, 7) is 6.93. The van der Waals surface area contributed by atoms with Crippen molar-refractivity contribution in [2.45, 2.75) is 39.7 Å². The number of amides is 2. The van der Waals surface area contributed by atoms with Gasteiger partial charge in [0.05, 0.1) is 12.5 Å². The fourth-order valence-electron chi connectivity index (χ4n) is 2.80. The topological polar surface area (TPSA) is 58.6 Å². The van der Waals surface area contributed by atoms with Crippen molar-refractivity contribution in [2.24, 2.45) is 5.41 Å². The van der Waals surface area contributed by atoms with Gasteiger partial charge in [0, 0.05) is 35.3 Å². The lowest BCUT2D eigenvalue weighted by Gasteiger charge is -2.23. The van der Waals surface area contributed by atoms with Gasteiger partial charge in [-0.25, -0.2) is 4.79 Å². The Morgan fingerprint density at radius 1 is 1.50 bits per heavy atom. The lowest BCUT2D eigenvalue weighted by atomic mass is 9.90. The highest BCUT2D eigenvalue weighted by Gasteiger charge is 2.43. The van der Waals surface area contributed by atoms with E-state index in [0.29, 0.717) is 19.5 Å². The summed E-state index contributed by atoms with van der Waals surface area (Å²) in [5, 5.41) is 3.02. The van der Waals surface area contributed by atoms with E-state index in [4.69, 9.17) is 4.74 Å². The summed E-state index contributed by atoms with van der Waals surface area (Å²) in [5.74, 6) is -0.245. The Labute approximate surface area is 135 Å². The van der Waals surface area contributed by atoms with Crippen molar-refractivity contribution in [3.63, 3.8) is 0 Å². The number of carbonyl (C=O) groups is 2. The Hall–Kier alpha value is -1.56. The second-order valence-corrected chi connectivity index (χ2v) is 7.66. The van der Waals surface area contributed by atoms with Gasteiger partial charge in [0.25, 0.3) is 0 Å². The highest BCUT2D eigenvalue weighted by atomic mass is 32.1. The third-order valence-electron chi connectivity index (χ3n) is 4.11. The van der Waals surface area contributed by atoms with E-state index in [2.05, 4.69) is 24.4 Å². The van der Waals surface area contributed by atoms with Gasteiger partial charge in [-0.3, -0.25) is 4.79 Å². The Bertz CT molecular complexity index is 557. The monoisotopic (exact) mass is 324 g/mol. The molecule has 2 heterocycles. The molecule has 22 heavy (non-hydrogen) atoms. The number of ether oxygens (including phenoxy) is 1. The van der Waals surface area contributed by atoms with Crippen molar-refractivity contribution in [1.82, 2.24) is 10.2 Å². The smallest absolute Gasteiger partial charge is 0.317 e. The Kier molecular flexibility index (Phi) is 5.11. The molecule has 1 aliphatic rings. The molecule has 0 radical (unpaired) electrons. The van der Waals surface area contributed by atoms with Crippen molar-refractivity contribution in [2.75, 3.05) is 20.2 Å². The van der Waals surface area contributed by atoms with Crippen LogP contribution in [-0.2, 0) is 16.0 Å². The zero-order valence-electron chi connectivity index (χ0n) is 13.6. The van der Waals surface area contributed by atoms with Gasteiger partial charge in [-0.15, -0.1) is 11.3 Å². The molecule has 0 spiro atoms. The van der Waals surface area contributed by atoms with Gasteiger partial charge in [0.1, 0.15) is 0 Å². The van der Waals surface area contributed by atoms with Gasteiger partial charge in [0.2, 0.25) is 0 Å². The van der Waals surface area contributed by atoms with Crippen LogP contribution in [0.2, 0.25) is 0 Å². The lowest BCUT2D eigenvalue weighted by Crippen LogP contribution is -2.45. The molecule has 2 amide bonds. The van der Waals surface area contributed by atoms with Gasteiger partial charge in [0.15, 0.2) is 0 Å². The Morgan fingerprint density at radius 3 is 2.82 bits per heavy atom. The Morgan fingerprint density at radius 2 is 2.23 bits per heavy atom. The van der Waals surface area contributed by atoms with E-state index >= 15 is 0 Å². The van der Waals surface area contributed by atoms with Crippen LogP contribution in [0.4, 0.5) is 4.79 Å². The lowest BCUT2D eigenvalue weighted by molar-refractivity contribution is -0.150. The van der Waals surface area contributed by atoms with Crippen molar-refractivity contribution < 1.29 is 14.3 Å². The molecule has 0 saturated carbocycles. The summed E-state index contributed by atoms with van der Waals surface area (Å²) in [6.07, 6.45) is 1.47. The molecular weight excluding hydrogens is 300 g/mol. The molecule has 2 rings (SSSR count). The molecule has 1 aromatic heterocycles. The molecule has 122 valence electrons. The average Bonchev–Trinajstić information content (AvgIpc) is 3.05. The maximum absolute atomic E-state index is 12.3. The van der Waals surface area contributed by atoms with Crippen molar-refractivity contribution in [1.29, 1.82) is 0 Å². The highest BCUT2D eigenvalue weighted by molar-refractivity contribution is 7.11. The van der Waals surface area contributed by atoms with Crippen LogP contribution in [0.3, 0.4) is 0 Å². The first-order chi connectivity index (χ1) is 10.3. The molecule has 1 aromatic rings. The number of nitrogens with zero attached hydrogens (tertiary/aromatic N) is 1. The Balaban J connectivity index is 1.86. The van der Waals surface area contributed by atoms with Crippen LogP contribution in [-0.4, -0.2) is 43.1 Å². The van der Waals surface area contributed by atoms with Crippen LogP contribution in [0.5, 0.6) is 0 Å². The minimum Gasteiger partial charge on any atom is -0.469 e. The molecule has 0 bridgehead atoms. The van der Waals surface area contributed by atoms with Gasteiger partial charge in [-0.1, -0.05) is 0 Å². The van der Waals surface area contributed by atoms with E-state index in [0.717, 1.165) is 6.42 Å². The molecule has 6 heteroatoms. The van der Waals surface area contributed by atoms with Crippen molar-refractivity contribution in [3.05, 3.63) is 21.9 Å². The second kappa shape index (κ2) is 6.69. The number of carbonyl (C=O) groups excluding carboxylic acids is 2. The summed E-state index contributed by atoms with van der Waals surface area (Å²) >= 11 is 1.76. The molecule has 5 nitrogen and oxygen atoms in total. The number of hydrogen-bond acceptors (Lipinski definition) is 4. The molecule has 1 aliphatic heterocycles. The number of methoxy groups -OCH3 is 1. The number of hydrogen-bond donors (Lipinski definition) is 1. The molecule has 0 aliphatic carbocycles. The second-order valence-electron chi connectivity index (χ2n) is 6.29. The van der Waals surface area contributed by atoms with Crippen LogP contribution < -0.4 is 5.32 Å². The zero-order valence-corrected chi connectivity index (χ0v) is 14.5. The molecular formula is C16H24N2O3S. The first-order valence-corrected chi connectivity index (χ1v) is 8.35. The minimum absolute atomic E-state index is 0.0653. The van der Waals surface area contributed by atoms with Gasteiger partial charge >= 0.3 is 12.0 Å². The number of urea groups is 1. The van der Waals surface area contributed by atoms with Crippen molar-refractivity contribution >= 4 is 23.3 Å². The van der Waals surface area contributed by atoms with Crippen LogP contribution in [0, 0.1) is 12.3 Å². The van der Waals surface area contributed by atoms with Crippen LogP contribution in [0.15, 0.2) is 12.1 Å². The van der Waals surface area contributed by atoms with E-state index in [1.54, 1.807) is 16.2 Å². The zero-order chi connectivity index (χ0) is 16.3. The summed E-state index contributed by atoms with van der Waals surface area (Å²) in [5.41, 5.74) is -0.583. The van der Waals surface area contributed by atoms with Gasteiger partial charge in [-0.05, 0) is 39.3 Å². The third kappa shape index (κ3) is 3.80. The van der Waals surface area contributed by atoms with Gasteiger partial charge in [-0.2, -0.15) is 0 Å². The molecule has 0 unspecified atom stereocenters. The first kappa shape index (κ1) is 16.8. The fourth-order valence-corrected chi connectivity index (χ4v) is 3.82. The SMILES string of the molecule is COC(=O)[C@@]1(C)CCN(C(=O)N[C@@H](C)Cc2ccc(C)s2)C1.